The molecule has 0 aliphatic rings. The Morgan fingerprint density at radius 3 is 2.24 bits per heavy atom. The second-order valence-corrected chi connectivity index (χ2v) is 4.46. The summed E-state index contributed by atoms with van der Waals surface area (Å²) in [6.07, 6.45) is 0.329. The van der Waals surface area contributed by atoms with Crippen LogP contribution < -0.4 is 5.32 Å². The van der Waals surface area contributed by atoms with Crippen molar-refractivity contribution in [3.63, 3.8) is 0 Å². The minimum atomic E-state index is -0.447. The number of Topliss-reactive ketones (excluding diaryl/α,β-unsaturated/α-hetero) is 1. The topological polar surface area (TPSA) is 72.5 Å². The lowest BCUT2D eigenvalue weighted by Crippen LogP contribution is -2.25. The van der Waals surface area contributed by atoms with Crippen LogP contribution in [0.15, 0.2) is 36.4 Å². The lowest BCUT2D eigenvalue weighted by Gasteiger charge is -2.07. The van der Waals surface area contributed by atoms with Crippen molar-refractivity contribution in [2.45, 2.75) is 20.3 Å². The number of esters is 1. The van der Waals surface area contributed by atoms with Gasteiger partial charge >= 0.3 is 5.97 Å². The number of nitrogens with one attached hydrogen (secondary N) is 1. The SMILES string of the molecule is C=C(CCNC(=O)c1ccc(C(C)=O)cc1)C(=O)OCC. The second-order valence-electron chi connectivity index (χ2n) is 4.46. The average molecular weight is 289 g/mol. The summed E-state index contributed by atoms with van der Waals surface area (Å²) in [5.41, 5.74) is 1.34. The maximum atomic E-state index is 11.9. The van der Waals surface area contributed by atoms with Gasteiger partial charge in [-0.2, -0.15) is 0 Å². The van der Waals surface area contributed by atoms with Crippen LogP contribution in [0, 0.1) is 0 Å². The second kappa shape index (κ2) is 7.99. The molecule has 0 aliphatic heterocycles. The zero-order valence-electron chi connectivity index (χ0n) is 12.3. The smallest absolute Gasteiger partial charge is 0.333 e. The summed E-state index contributed by atoms with van der Waals surface area (Å²) in [6.45, 7) is 7.39. The van der Waals surface area contributed by atoms with Gasteiger partial charge in [-0.1, -0.05) is 18.7 Å². The van der Waals surface area contributed by atoms with Crippen LogP contribution >= 0.6 is 0 Å². The first-order valence-corrected chi connectivity index (χ1v) is 6.69. The first-order chi connectivity index (χ1) is 9.95. The van der Waals surface area contributed by atoms with E-state index in [9.17, 15) is 14.4 Å². The van der Waals surface area contributed by atoms with Gasteiger partial charge in [0.2, 0.25) is 0 Å². The molecule has 0 unspecified atom stereocenters. The quantitative estimate of drug-likeness (QED) is 0.474. The molecule has 0 aromatic heterocycles. The van der Waals surface area contributed by atoms with E-state index in [0.29, 0.717) is 36.3 Å². The van der Waals surface area contributed by atoms with E-state index < -0.39 is 5.97 Å². The van der Waals surface area contributed by atoms with E-state index >= 15 is 0 Å². The zero-order valence-corrected chi connectivity index (χ0v) is 12.3. The number of carbonyl (C=O) groups is 3. The Bertz CT molecular complexity index is 546. The minimum absolute atomic E-state index is 0.0484. The van der Waals surface area contributed by atoms with Gasteiger partial charge in [-0.3, -0.25) is 9.59 Å². The molecule has 0 saturated heterocycles. The van der Waals surface area contributed by atoms with E-state index in [0.717, 1.165) is 0 Å². The van der Waals surface area contributed by atoms with Gasteiger partial charge in [0.1, 0.15) is 0 Å². The summed E-state index contributed by atoms with van der Waals surface area (Å²) in [5.74, 6) is -0.757. The van der Waals surface area contributed by atoms with Crippen molar-refractivity contribution in [3.8, 4) is 0 Å². The molecule has 21 heavy (non-hydrogen) atoms. The minimum Gasteiger partial charge on any atom is -0.463 e. The lowest BCUT2D eigenvalue weighted by molar-refractivity contribution is -0.138. The molecule has 1 amide bonds. The molecular weight excluding hydrogens is 270 g/mol. The van der Waals surface area contributed by atoms with Gasteiger partial charge < -0.3 is 10.1 Å². The summed E-state index contributed by atoms with van der Waals surface area (Å²) in [6, 6.07) is 6.39. The molecule has 1 N–H and O–H groups in total. The third-order valence-corrected chi connectivity index (χ3v) is 2.83. The first kappa shape index (κ1) is 16.6. The Balaban J connectivity index is 2.45. The molecule has 0 bridgehead atoms. The van der Waals surface area contributed by atoms with Crippen LogP contribution in [0.3, 0.4) is 0 Å². The molecule has 0 spiro atoms. The fraction of sp³-hybridized carbons (Fsp3) is 0.312. The van der Waals surface area contributed by atoms with Gasteiger partial charge in [0.25, 0.3) is 5.91 Å². The lowest BCUT2D eigenvalue weighted by atomic mass is 10.1. The number of carbonyl (C=O) groups excluding carboxylic acids is 3. The van der Waals surface area contributed by atoms with E-state index in [1.807, 2.05) is 0 Å². The van der Waals surface area contributed by atoms with Gasteiger partial charge in [-0.05, 0) is 32.4 Å². The molecule has 5 nitrogen and oxygen atoms in total. The third kappa shape index (κ3) is 5.22. The fourth-order valence-electron chi connectivity index (χ4n) is 1.62. The molecule has 0 saturated carbocycles. The maximum absolute atomic E-state index is 11.9. The zero-order chi connectivity index (χ0) is 15.8. The number of ether oxygens (including phenoxy) is 1. The maximum Gasteiger partial charge on any atom is 0.333 e. The van der Waals surface area contributed by atoms with E-state index in [2.05, 4.69) is 11.9 Å². The number of hydrogen-bond donors (Lipinski definition) is 1. The van der Waals surface area contributed by atoms with Crippen molar-refractivity contribution >= 4 is 17.7 Å². The van der Waals surface area contributed by atoms with Crippen LogP contribution in [0.1, 0.15) is 41.0 Å². The van der Waals surface area contributed by atoms with Crippen LogP contribution in [-0.4, -0.2) is 30.8 Å². The first-order valence-electron chi connectivity index (χ1n) is 6.69. The van der Waals surface area contributed by atoms with Gasteiger partial charge in [-0.15, -0.1) is 0 Å². The Morgan fingerprint density at radius 2 is 1.71 bits per heavy atom. The van der Waals surface area contributed by atoms with Crippen LogP contribution in [0.4, 0.5) is 0 Å². The Hall–Kier alpha value is -2.43. The monoisotopic (exact) mass is 289 g/mol. The van der Waals surface area contributed by atoms with Crippen molar-refractivity contribution in [3.05, 3.63) is 47.5 Å². The highest BCUT2D eigenvalue weighted by atomic mass is 16.5. The highest BCUT2D eigenvalue weighted by molar-refractivity contribution is 5.97. The molecule has 0 atom stereocenters. The van der Waals surface area contributed by atoms with Gasteiger partial charge in [0.15, 0.2) is 5.78 Å². The van der Waals surface area contributed by atoms with Crippen LogP contribution in [0.2, 0.25) is 0 Å². The van der Waals surface area contributed by atoms with Crippen molar-refractivity contribution in [2.24, 2.45) is 0 Å². The highest BCUT2D eigenvalue weighted by Crippen LogP contribution is 2.06. The Labute approximate surface area is 124 Å². The molecule has 1 rings (SSSR count). The molecule has 5 heteroatoms. The molecular formula is C16H19NO4. The number of amides is 1. The Morgan fingerprint density at radius 1 is 1.14 bits per heavy atom. The molecule has 1 aromatic rings. The molecule has 112 valence electrons. The predicted molar refractivity (Wildman–Crippen MR) is 79.2 cm³/mol. The summed E-state index contributed by atoms with van der Waals surface area (Å²) in [7, 11) is 0. The van der Waals surface area contributed by atoms with E-state index in [-0.39, 0.29) is 11.7 Å². The largest absolute Gasteiger partial charge is 0.463 e. The molecule has 0 heterocycles. The van der Waals surface area contributed by atoms with Crippen LogP contribution in [0.25, 0.3) is 0 Å². The normalized spacial score (nSPS) is 9.81. The summed E-state index contributed by atoms with van der Waals surface area (Å²) >= 11 is 0. The number of ketones is 1. The molecule has 0 radical (unpaired) electrons. The van der Waals surface area contributed by atoms with Crippen molar-refractivity contribution in [1.82, 2.24) is 5.32 Å². The summed E-state index contributed by atoms with van der Waals surface area (Å²) in [4.78, 5) is 34.3. The van der Waals surface area contributed by atoms with E-state index in [1.165, 1.54) is 6.92 Å². The van der Waals surface area contributed by atoms with Gasteiger partial charge in [-0.25, -0.2) is 4.79 Å². The van der Waals surface area contributed by atoms with Crippen molar-refractivity contribution in [2.75, 3.05) is 13.2 Å². The third-order valence-electron chi connectivity index (χ3n) is 2.83. The fourth-order valence-corrected chi connectivity index (χ4v) is 1.62. The number of rotatable bonds is 7. The Kier molecular flexibility index (Phi) is 6.33. The van der Waals surface area contributed by atoms with Crippen LogP contribution in [-0.2, 0) is 9.53 Å². The molecule has 0 fully saturated rings. The van der Waals surface area contributed by atoms with Crippen molar-refractivity contribution in [1.29, 1.82) is 0 Å². The van der Waals surface area contributed by atoms with Crippen LogP contribution in [0.5, 0.6) is 0 Å². The summed E-state index contributed by atoms with van der Waals surface area (Å²) in [5, 5.41) is 2.68. The van der Waals surface area contributed by atoms with Crippen molar-refractivity contribution < 1.29 is 19.1 Å². The average Bonchev–Trinajstić information content (AvgIpc) is 2.47. The van der Waals surface area contributed by atoms with E-state index in [1.54, 1.807) is 31.2 Å². The molecule has 1 aromatic carbocycles. The summed E-state index contributed by atoms with van der Waals surface area (Å²) < 4.78 is 4.80. The predicted octanol–water partition coefficient (Wildman–Crippen LogP) is 2.13. The van der Waals surface area contributed by atoms with E-state index in [4.69, 9.17) is 4.74 Å². The molecule has 0 aliphatic carbocycles. The van der Waals surface area contributed by atoms with Gasteiger partial charge in [0, 0.05) is 23.2 Å². The number of hydrogen-bond acceptors (Lipinski definition) is 4. The van der Waals surface area contributed by atoms with Gasteiger partial charge in [0.05, 0.1) is 6.61 Å². The standard InChI is InChI=1S/C16H19NO4/c1-4-21-16(20)11(2)9-10-17-15(19)14-7-5-13(6-8-14)12(3)18/h5-8H,2,4,9-10H2,1,3H3,(H,17,19). The highest BCUT2D eigenvalue weighted by Gasteiger charge is 2.09. The number of benzene rings is 1.